The van der Waals surface area contributed by atoms with Gasteiger partial charge in [-0.15, -0.1) is 0 Å². The van der Waals surface area contributed by atoms with Crippen molar-refractivity contribution in [3.8, 4) is 0 Å². The average Bonchev–Trinajstić information content (AvgIpc) is 2.48. The fourth-order valence-electron chi connectivity index (χ4n) is 2.65. The lowest BCUT2D eigenvalue weighted by molar-refractivity contribution is 0.179. The van der Waals surface area contributed by atoms with Gasteiger partial charge in [0.25, 0.3) is 0 Å². The van der Waals surface area contributed by atoms with Crippen LogP contribution in [-0.2, 0) is 15.5 Å². The van der Waals surface area contributed by atoms with E-state index in [1.54, 1.807) is 0 Å². The molecule has 1 heterocycles. The lowest BCUT2D eigenvalue weighted by atomic mass is 9.98. The fraction of sp³-hybridized carbons (Fsp3) is 0.200. The molecule has 2 atom stereocenters. The van der Waals surface area contributed by atoms with Crippen LogP contribution in [0.1, 0.15) is 17.4 Å². The van der Waals surface area contributed by atoms with Crippen LogP contribution in [0.25, 0.3) is 0 Å². The van der Waals surface area contributed by atoms with E-state index in [1.165, 1.54) is 5.56 Å². The van der Waals surface area contributed by atoms with Gasteiger partial charge in [-0.05, 0) is 36.2 Å². The van der Waals surface area contributed by atoms with Gasteiger partial charge < -0.3 is 9.79 Å². The second kappa shape index (κ2) is 6.32. The standard InChI is InChI=1S/C15H15BrNO3P/c16-12-5-7-13(8-6-12)17-10-9-11-3-1-2-4-14(11)15(17)20-21(18)19/h1-8,15,21H,9-10H2,(H,18,19)/t15-/m0/s1. The van der Waals surface area contributed by atoms with E-state index >= 15 is 0 Å². The molecule has 0 bridgehead atoms. The van der Waals surface area contributed by atoms with E-state index in [4.69, 9.17) is 4.52 Å². The van der Waals surface area contributed by atoms with Crippen LogP contribution in [0.3, 0.4) is 0 Å². The number of hydrogen-bond donors (Lipinski definition) is 1. The van der Waals surface area contributed by atoms with E-state index in [0.29, 0.717) is 0 Å². The number of fused-ring (bicyclic) bond motifs is 1. The quantitative estimate of drug-likeness (QED) is 0.835. The number of anilines is 1. The van der Waals surface area contributed by atoms with Gasteiger partial charge in [-0.1, -0.05) is 40.2 Å². The minimum atomic E-state index is -3.02. The first-order valence-corrected chi connectivity index (χ1v) is 8.70. The summed E-state index contributed by atoms with van der Waals surface area (Å²) in [5.74, 6) is 0. The van der Waals surface area contributed by atoms with Crippen molar-refractivity contribution in [1.82, 2.24) is 0 Å². The van der Waals surface area contributed by atoms with E-state index in [2.05, 4.69) is 15.9 Å². The molecular weight excluding hydrogens is 353 g/mol. The summed E-state index contributed by atoms with van der Waals surface area (Å²) in [7, 11) is -3.02. The zero-order chi connectivity index (χ0) is 14.8. The molecule has 0 saturated carbocycles. The molecule has 2 aromatic carbocycles. The van der Waals surface area contributed by atoms with Crippen molar-refractivity contribution in [2.24, 2.45) is 0 Å². The van der Waals surface area contributed by atoms with Gasteiger partial charge in [0.15, 0.2) is 6.23 Å². The normalized spacial score (nSPS) is 19.1. The minimum Gasteiger partial charge on any atom is -0.342 e. The van der Waals surface area contributed by atoms with Gasteiger partial charge in [-0.3, -0.25) is 9.09 Å². The third kappa shape index (κ3) is 3.22. The van der Waals surface area contributed by atoms with Crippen molar-refractivity contribution in [2.45, 2.75) is 12.6 Å². The van der Waals surface area contributed by atoms with Crippen LogP contribution >= 0.6 is 24.2 Å². The van der Waals surface area contributed by atoms with Crippen molar-refractivity contribution < 1.29 is 14.0 Å². The number of benzene rings is 2. The molecule has 0 fully saturated rings. The van der Waals surface area contributed by atoms with Gasteiger partial charge in [0.2, 0.25) is 0 Å². The van der Waals surface area contributed by atoms with Gasteiger partial charge in [-0.25, -0.2) is 0 Å². The zero-order valence-electron chi connectivity index (χ0n) is 11.2. The van der Waals surface area contributed by atoms with Crippen molar-refractivity contribution >= 4 is 29.9 Å². The molecule has 0 amide bonds. The van der Waals surface area contributed by atoms with Gasteiger partial charge in [0.1, 0.15) is 0 Å². The van der Waals surface area contributed by atoms with Crippen LogP contribution in [-0.4, -0.2) is 11.4 Å². The number of hydrogen-bond acceptors (Lipinski definition) is 3. The first-order chi connectivity index (χ1) is 10.1. The Morgan fingerprint density at radius 1 is 1.19 bits per heavy atom. The van der Waals surface area contributed by atoms with Crippen LogP contribution in [0.4, 0.5) is 5.69 Å². The Hall–Kier alpha value is -1.13. The van der Waals surface area contributed by atoms with Gasteiger partial charge in [-0.2, -0.15) is 0 Å². The molecule has 3 rings (SSSR count). The van der Waals surface area contributed by atoms with Crippen molar-refractivity contribution in [1.29, 1.82) is 0 Å². The third-order valence-corrected chi connectivity index (χ3v) is 4.55. The molecule has 21 heavy (non-hydrogen) atoms. The molecule has 0 radical (unpaired) electrons. The Labute approximate surface area is 132 Å². The predicted molar refractivity (Wildman–Crippen MR) is 86.7 cm³/mol. The maximum atomic E-state index is 11.2. The summed E-state index contributed by atoms with van der Waals surface area (Å²) in [5.41, 5.74) is 3.10. The molecule has 2 aromatic rings. The highest BCUT2D eigenvalue weighted by molar-refractivity contribution is 9.10. The smallest absolute Gasteiger partial charge is 0.318 e. The molecule has 1 N–H and O–H groups in total. The van der Waals surface area contributed by atoms with Crippen molar-refractivity contribution in [2.75, 3.05) is 11.4 Å². The zero-order valence-corrected chi connectivity index (χ0v) is 13.8. The maximum absolute atomic E-state index is 11.2. The van der Waals surface area contributed by atoms with E-state index < -0.39 is 14.5 Å². The van der Waals surface area contributed by atoms with Crippen LogP contribution in [0.2, 0.25) is 0 Å². The molecule has 0 aliphatic carbocycles. The second-order valence-corrected chi connectivity index (χ2v) is 6.54. The lowest BCUT2D eigenvalue weighted by Crippen LogP contribution is -2.36. The van der Waals surface area contributed by atoms with E-state index in [0.717, 1.165) is 28.7 Å². The Morgan fingerprint density at radius 3 is 2.62 bits per heavy atom. The number of nitrogens with zero attached hydrogens (tertiary/aromatic N) is 1. The highest BCUT2D eigenvalue weighted by Gasteiger charge is 2.29. The van der Waals surface area contributed by atoms with Gasteiger partial charge in [0, 0.05) is 22.3 Å². The largest absolute Gasteiger partial charge is 0.342 e. The molecule has 1 unspecified atom stereocenters. The van der Waals surface area contributed by atoms with E-state index in [1.807, 2.05) is 53.4 Å². The highest BCUT2D eigenvalue weighted by atomic mass is 79.9. The lowest BCUT2D eigenvalue weighted by Gasteiger charge is -2.37. The topological polar surface area (TPSA) is 49.8 Å². The molecule has 4 nitrogen and oxygen atoms in total. The molecular formula is C15H15BrNO3P. The number of rotatable bonds is 3. The highest BCUT2D eigenvalue weighted by Crippen LogP contribution is 2.39. The number of halogens is 1. The Bertz CT molecular complexity index is 662. The Balaban J connectivity index is 2.00. The molecule has 1 aliphatic heterocycles. The molecule has 0 spiro atoms. The van der Waals surface area contributed by atoms with Crippen molar-refractivity contribution in [3.05, 3.63) is 64.1 Å². The van der Waals surface area contributed by atoms with E-state index in [9.17, 15) is 9.46 Å². The average molecular weight is 368 g/mol. The molecule has 1 aliphatic rings. The van der Waals surface area contributed by atoms with Gasteiger partial charge >= 0.3 is 8.25 Å². The molecule has 110 valence electrons. The Kier molecular flexibility index (Phi) is 4.45. The summed E-state index contributed by atoms with van der Waals surface area (Å²) in [6.45, 7) is 0.748. The first-order valence-electron chi connectivity index (χ1n) is 6.65. The predicted octanol–water partition coefficient (Wildman–Crippen LogP) is 3.91. The summed E-state index contributed by atoms with van der Waals surface area (Å²) >= 11 is 3.42. The molecule has 0 aromatic heterocycles. The van der Waals surface area contributed by atoms with E-state index in [-0.39, 0.29) is 0 Å². The summed E-state index contributed by atoms with van der Waals surface area (Å²) in [6.07, 6.45) is 0.367. The SMILES string of the molecule is O=[PH](O)O[C@H]1c2ccccc2CCN1c1ccc(Br)cc1. The van der Waals surface area contributed by atoms with Crippen LogP contribution in [0.15, 0.2) is 53.0 Å². The Morgan fingerprint density at radius 2 is 1.90 bits per heavy atom. The monoisotopic (exact) mass is 367 g/mol. The maximum Gasteiger partial charge on any atom is 0.318 e. The summed E-state index contributed by atoms with van der Waals surface area (Å²) in [4.78, 5) is 11.3. The minimum absolute atomic E-state index is 0.521. The molecule has 6 heteroatoms. The second-order valence-electron chi connectivity index (χ2n) is 4.85. The molecule has 0 saturated heterocycles. The fourth-order valence-corrected chi connectivity index (χ4v) is 3.36. The summed E-state index contributed by atoms with van der Waals surface area (Å²) in [6, 6.07) is 15.8. The van der Waals surface area contributed by atoms with Crippen molar-refractivity contribution in [3.63, 3.8) is 0 Å². The van der Waals surface area contributed by atoms with Crippen LogP contribution in [0, 0.1) is 0 Å². The summed E-state index contributed by atoms with van der Waals surface area (Å²) < 4.78 is 17.6. The first kappa shape index (κ1) is 14.8. The van der Waals surface area contributed by atoms with Gasteiger partial charge in [0.05, 0.1) is 0 Å². The van der Waals surface area contributed by atoms with Crippen LogP contribution in [0.5, 0.6) is 0 Å². The summed E-state index contributed by atoms with van der Waals surface area (Å²) in [5, 5.41) is 0. The van der Waals surface area contributed by atoms with Crippen LogP contribution < -0.4 is 4.90 Å². The third-order valence-electron chi connectivity index (χ3n) is 3.60.